The largest absolute Gasteiger partial charge is 0.497 e. The molecule has 0 aliphatic carbocycles. The van der Waals surface area contributed by atoms with Crippen molar-refractivity contribution < 1.29 is 14.3 Å². The molecule has 2 amide bonds. The first kappa shape index (κ1) is 20.5. The SMILES string of the molecule is COc1ccc(C2c3[nH]c4ccccc4c3C[C@H]3C(=O)N(Cc4ccccc4)CC(=O)N23)cc1. The Kier molecular flexibility index (Phi) is 4.87. The molecule has 0 radical (unpaired) electrons. The van der Waals surface area contributed by atoms with Gasteiger partial charge < -0.3 is 19.5 Å². The number of amides is 2. The van der Waals surface area contributed by atoms with E-state index in [1.807, 2.05) is 72.8 Å². The second kappa shape index (κ2) is 8.06. The Morgan fingerprint density at radius 1 is 0.941 bits per heavy atom. The number of hydrogen-bond donors (Lipinski definition) is 1. The zero-order chi connectivity index (χ0) is 23.2. The van der Waals surface area contributed by atoms with Gasteiger partial charge in [0.15, 0.2) is 0 Å². The predicted molar refractivity (Wildman–Crippen MR) is 129 cm³/mol. The number of rotatable bonds is 4. The van der Waals surface area contributed by atoms with Gasteiger partial charge in [0.2, 0.25) is 11.8 Å². The summed E-state index contributed by atoms with van der Waals surface area (Å²) in [6.07, 6.45) is 0.502. The first-order valence-corrected chi connectivity index (χ1v) is 11.5. The Bertz CT molecular complexity index is 1380. The van der Waals surface area contributed by atoms with Gasteiger partial charge in [-0.15, -0.1) is 0 Å². The molecule has 1 aromatic heterocycles. The molecular formula is C28H25N3O3. The molecule has 2 atom stereocenters. The van der Waals surface area contributed by atoms with E-state index < -0.39 is 6.04 Å². The zero-order valence-corrected chi connectivity index (χ0v) is 18.9. The Morgan fingerprint density at radius 2 is 1.68 bits per heavy atom. The summed E-state index contributed by atoms with van der Waals surface area (Å²) in [7, 11) is 1.63. The number of benzene rings is 3. The lowest BCUT2D eigenvalue weighted by atomic mass is 9.86. The van der Waals surface area contributed by atoms with Gasteiger partial charge in [0.05, 0.1) is 13.2 Å². The molecule has 6 heteroatoms. The van der Waals surface area contributed by atoms with Gasteiger partial charge in [0, 0.05) is 29.6 Å². The van der Waals surface area contributed by atoms with Crippen LogP contribution in [0.3, 0.4) is 0 Å². The number of carbonyl (C=O) groups is 2. The summed E-state index contributed by atoms with van der Waals surface area (Å²) in [5.41, 5.74) is 5.09. The Labute approximate surface area is 197 Å². The van der Waals surface area contributed by atoms with Crippen molar-refractivity contribution in [1.82, 2.24) is 14.8 Å². The molecular weight excluding hydrogens is 426 g/mol. The summed E-state index contributed by atoms with van der Waals surface area (Å²) in [5.74, 6) is 0.714. The number of piperazine rings is 1. The maximum atomic E-state index is 13.8. The quantitative estimate of drug-likeness (QED) is 0.509. The van der Waals surface area contributed by atoms with Crippen molar-refractivity contribution in [2.45, 2.75) is 25.0 Å². The highest BCUT2D eigenvalue weighted by Crippen LogP contribution is 2.42. The van der Waals surface area contributed by atoms with Gasteiger partial charge in [-0.05, 0) is 34.9 Å². The minimum absolute atomic E-state index is 0.00195. The number of fused-ring (bicyclic) bond motifs is 4. The normalized spacial score (nSPS) is 19.8. The maximum Gasteiger partial charge on any atom is 0.246 e. The van der Waals surface area contributed by atoms with Crippen LogP contribution < -0.4 is 4.74 Å². The van der Waals surface area contributed by atoms with Crippen LogP contribution in [0.4, 0.5) is 0 Å². The smallest absolute Gasteiger partial charge is 0.246 e. The molecule has 34 heavy (non-hydrogen) atoms. The van der Waals surface area contributed by atoms with Crippen LogP contribution in [-0.4, -0.2) is 46.3 Å². The van der Waals surface area contributed by atoms with Gasteiger partial charge in [-0.3, -0.25) is 9.59 Å². The lowest BCUT2D eigenvalue weighted by Crippen LogP contribution is -2.62. The van der Waals surface area contributed by atoms with E-state index in [0.29, 0.717) is 13.0 Å². The number of nitrogens with one attached hydrogen (secondary N) is 1. The third-order valence-electron chi connectivity index (χ3n) is 6.99. The minimum Gasteiger partial charge on any atom is -0.497 e. The van der Waals surface area contributed by atoms with Gasteiger partial charge in [-0.25, -0.2) is 0 Å². The van der Waals surface area contributed by atoms with Crippen molar-refractivity contribution in [1.29, 1.82) is 0 Å². The molecule has 6 rings (SSSR count). The van der Waals surface area contributed by atoms with Crippen LogP contribution in [0.5, 0.6) is 5.75 Å². The van der Waals surface area contributed by atoms with Crippen molar-refractivity contribution in [2.75, 3.05) is 13.7 Å². The first-order valence-electron chi connectivity index (χ1n) is 11.5. The fourth-order valence-electron chi connectivity index (χ4n) is 5.39. The van der Waals surface area contributed by atoms with Crippen LogP contribution in [0.15, 0.2) is 78.9 Å². The van der Waals surface area contributed by atoms with E-state index in [2.05, 4.69) is 11.1 Å². The van der Waals surface area contributed by atoms with Gasteiger partial charge in [-0.2, -0.15) is 0 Å². The van der Waals surface area contributed by atoms with E-state index in [0.717, 1.165) is 39.0 Å². The molecule has 2 aliphatic heterocycles. The Hall–Kier alpha value is -4.06. The summed E-state index contributed by atoms with van der Waals surface area (Å²) >= 11 is 0. The molecule has 170 valence electrons. The van der Waals surface area contributed by atoms with Crippen LogP contribution in [0, 0.1) is 0 Å². The molecule has 1 fully saturated rings. The summed E-state index contributed by atoms with van der Waals surface area (Å²) in [6, 6.07) is 24.9. The minimum atomic E-state index is -0.538. The van der Waals surface area contributed by atoms with E-state index in [1.54, 1.807) is 16.9 Å². The molecule has 1 unspecified atom stereocenters. The first-order chi connectivity index (χ1) is 16.6. The fraction of sp³-hybridized carbons (Fsp3) is 0.214. The number of aromatic nitrogens is 1. The van der Waals surface area contributed by atoms with Gasteiger partial charge in [-0.1, -0.05) is 60.7 Å². The average molecular weight is 452 g/mol. The molecule has 3 heterocycles. The van der Waals surface area contributed by atoms with Crippen LogP contribution in [0.25, 0.3) is 10.9 Å². The van der Waals surface area contributed by atoms with E-state index in [9.17, 15) is 9.59 Å². The highest BCUT2D eigenvalue weighted by Gasteiger charge is 2.48. The molecule has 3 aromatic carbocycles. The Morgan fingerprint density at radius 3 is 2.44 bits per heavy atom. The number of para-hydroxylation sites is 1. The zero-order valence-electron chi connectivity index (χ0n) is 18.9. The van der Waals surface area contributed by atoms with Crippen LogP contribution in [0.2, 0.25) is 0 Å². The average Bonchev–Trinajstić information content (AvgIpc) is 3.25. The van der Waals surface area contributed by atoms with Crippen molar-refractivity contribution >= 4 is 22.7 Å². The maximum absolute atomic E-state index is 13.8. The van der Waals surface area contributed by atoms with Crippen molar-refractivity contribution in [3.05, 3.63) is 101 Å². The number of methoxy groups -OCH3 is 1. The summed E-state index contributed by atoms with van der Waals surface area (Å²) in [4.78, 5) is 34.4. The number of H-pyrrole nitrogens is 1. The summed E-state index contributed by atoms with van der Waals surface area (Å²) < 4.78 is 5.34. The second-order valence-electron chi connectivity index (χ2n) is 8.94. The molecule has 6 nitrogen and oxygen atoms in total. The van der Waals surface area contributed by atoms with Crippen LogP contribution >= 0.6 is 0 Å². The number of ether oxygens (including phenoxy) is 1. The third kappa shape index (κ3) is 3.25. The Balaban J connectivity index is 1.45. The van der Waals surface area contributed by atoms with Crippen molar-refractivity contribution in [3.63, 3.8) is 0 Å². The molecule has 2 aliphatic rings. The number of aromatic amines is 1. The lowest BCUT2D eigenvalue weighted by molar-refractivity contribution is -0.159. The fourth-order valence-corrected chi connectivity index (χ4v) is 5.39. The van der Waals surface area contributed by atoms with Crippen molar-refractivity contribution in [3.8, 4) is 5.75 Å². The van der Waals surface area contributed by atoms with Crippen LogP contribution in [-0.2, 0) is 22.6 Å². The summed E-state index contributed by atoms with van der Waals surface area (Å²) in [5, 5.41) is 1.11. The topological polar surface area (TPSA) is 65.6 Å². The van der Waals surface area contributed by atoms with Gasteiger partial charge >= 0.3 is 0 Å². The number of nitrogens with zero attached hydrogens (tertiary/aromatic N) is 2. The predicted octanol–water partition coefficient (Wildman–Crippen LogP) is 4.06. The molecule has 1 N–H and O–H groups in total. The standard InChI is InChI=1S/C28H25N3O3/c1-34-20-13-11-19(12-14-20)27-26-22(21-9-5-6-10-23(21)29-26)15-24-28(33)30(17-25(32)31(24)27)16-18-7-3-2-4-8-18/h2-14,24,27,29H,15-17H2,1H3/t24-,27?/m0/s1. The van der Waals surface area contributed by atoms with Gasteiger partial charge in [0.1, 0.15) is 18.3 Å². The highest BCUT2D eigenvalue weighted by molar-refractivity contribution is 5.97. The van der Waals surface area contributed by atoms with E-state index in [1.165, 1.54) is 0 Å². The van der Waals surface area contributed by atoms with E-state index >= 15 is 0 Å². The summed E-state index contributed by atoms with van der Waals surface area (Å²) in [6.45, 7) is 0.510. The molecule has 4 aromatic rings. The highest BCUT2D eigenvalue weighted by atomic mass is 16.5. The number of hydrogen-bond acceptors (Lipinski definition) is 3. The van der Waals surface area contributed by atoms with Crippen molar-refractivity contribution in [2.24, 2.45) is 0 Å². The second-order valence-corrected chi connectivity index (χ2v) is 8.94. The van der Waals surface area contributed by atoms with E-state index in [-0.39, 0.29) is 24.4 Å². The monoisotopic (exact) mass is 451 g/mol. The van der Waals surface area contributed by atoms with E-state index in [4.69, 9.17) is 4.74 Å². The van der Waals surface area contributed by atoms with Gasteiger partial charge in [0.25, 0.3) is 0 Å². The number of carbonyl (C=O) groups excluding carboxylic acids is 2. The molecule has 1 saturated heterocycles. The lowest BCUT2D eigenvalue weighted by Gasteiger charge is -2.47. The molecule has 0 bridgehead atoms. The molecule has 0 saturated carbocycles. The third-order valence-corrected chi connectivity index (χ3v) is 6.99. The molecule has 0 spiro atoms. The van der Waals surface area contributed by atoms with Crippen LogP contribution in [0.1, 0.15) is 28.4 Å².